The van der Waals surface area contributed by atoms with Crippen molar-refractivity contribution in [3.63, 3.8) is 0 Å². The van der Waals surface area contributed by atoms with E-state index in [9.17, 15) is 4.79 Å². The number of aromatic nitrogens is 1. The van der Waals surface area contributed by atoms with Crippen LogP contribution >= 0.6 is 15.9 Å². The average molecular weight is 333 g/mol. The number of rotatable bonds is 1. The third kappa shape index (κ3) is 2.54. The third-order valence-electron chi connectivity index (χ3n) is 3.12. The highest BCUT2D eigenvalue weighted by atomic mass is 79.9. The molecule has 2 heterocycles. The third-order valence-corrected chi connectivity index (χ3v) is 3.56. The first kappa shape index (κ1) is 13.1. The molecule has 0 spiro atoms. The standard InChI is InChI=1S/C15H13BrN2O2/c16-14-8-3-5-11(17-14)15(19)18-9-4-10-20-13-7-2-1-6-12(13)18/h1-3,5-8H,4,9-10H2. The Hall–Kier alpha value is -1.88. The van der Waals surface area contributed by atoms with Crippen LogP contribution in [0.5, 0.6) is 5.75 Å². The molecule has 3 rings (SSSR count). The van der Waals surface area contributed by atoms with Crippen molar-refractivity contribution in [2.24, 2.45) is 0 Å². The van der Waals surface area contributed by atoms with Crippen molar-refractivity contribution >= 4 is 27.5 Å². The predicted molar refractivity (Wildman–Crippen MR) is 80.2 cm³/mol. The molecule has 2 aromatic rings. The molecule has 1 aliphatic heterocycles. The fraction of sp³-hybridized carbons (Fsp3) is 0.200. The van der Waals surface area contributed by atoms with Crippen molar-refractivity contribution in [2.75, 3.05) is 18.1 Å². The Labute approximate surface area is 125 Å². The summed E-state index contributed by atoms with van der Waals surface area (Å²) in [4.78, 5) is 18.6. The molecule has 0 N–H and O–H groups in total. The number of pyridine rings is 1. The number of anilines is 1. The van der Waals surface area contributed by atoms with Crippen LogP contribution in [0.25, 0.3) is 0 Å². The summed E-state index contributed by atoms with van der Waals surface area (Å²) in [6, 6.07) is 12.9. The van der Waals surface area contributed by atoms with Gasteiger partial charge in [0, 0.05) is 6.54 Å². The van der Waals surface area contributed by atoms with Crippen LogP contribution in [0.4, 0.5) is 5.69 Å². The Morgan fingerprint density at radius 3 is 2.90 bits per heavy atom. The second kappa shape index (κ2) is 5.63. The van der Waals surface area contributed by atoms with Gasteiger partial charge < -0.3 is 9.64 Å². The van der Waals surface area contributed by atoms with E-state index in [1.807, 2.05) is 30.3 Å². The molecule has 0 aliphatic carbocycles. The molecule has 0 unspecified atom stereocenters. The Morgan fingerprint density at radius 1 is 1.20 bits per heavy atom. The minimum Gasteiger partial charge on any atom is -0.491 e. The van der Waals surface area contributed by atoms with Crippen LogP contribution in [0, 0.1) is 0 Å². The second-order valence-corrected chi connectivity index (χ2v) is 5.28. The minimum atomic E-state index is -0.107. The Kier molecular flexibility index (Phi) is 3.69. The number of hydrogen-bond acceptors (Lipinski definition) is 3. The van der Waals surface area contributed by atoms with Crippen molar-refractivity contribution in [1.82, 2.24) is 4.98 Å². The van der Waals surface area contributed by atoms with E-state index in [-0.39, 0.29) is 5.91 Å². The molecular formula is C15H13BrN2O2. The molecule has 0 fully saturated rings. The van der Waals surface area contributed by atoms with Gasteiger partial charge >= 0.3 is 0 Å². The molecule has 1 amide bonds. The molecule has 20 heavy (non-hydrogen) atoms. The summed E-state index contributed by atoms with van der Waals surface area (Å²) < 4.78 is 6.32. The number of nitrogens with zero attached hydrogens (tertiary/aromatic N) is 2. The maximum atomic E-state index is 12.7. The Bertz CT molecular complexity index is 645. The summed E-state index contributed by atoms with van der Waals surface area (Å²) in [6.45, 7) is 1.25. The van der Waals surface area contributed by atoms with Gasteiger partial charge in [-0.3, -0.25) is 4.79 Å². The summed E-state index contributed by atoms with van der Waals surface area (Å²) >= 11 is 3.30. The average Bonchev–Trinajstić information content (AvgIpc) is 2.69. The predicted octanol–water partition coefficient (Wildman–Crippen LogP) is 3.27. The maximum Gasteiger partial charge on any atom is 0.277 e. The highest BCUT2D eigenvalue weighted by Crippen LogP contribution is 2.31. The molecular weight excluding hydrogens is 320 g/mol. The van der Waals surface area contributed by atoms with E-state index >= 15 is 0 Å². The van der Waals surface area contributed by atoms with Crippen LogP contribution in [0.15, 0.2) is 47.1 Å². The molecule has 102 valence electrons. The van der Waals surface area contributed by atoms with Gasteiger partial charge in [-0.15, -0.1) is 0 Å². The van der Waals surface area contributed by atoms with Crippen LogP contribution in [-0.2, 0) is 0 Å². The monoisotopic (exact) mass is 332 g/mol. The van der Waals surface area contributed by atoms with Gasteiger partial charge in [-0.1, -0.05) is 18.2 Å². The van der Waals surface area contributed by atoms with Gasteiger partial charge in [-0.2, -0.15) is 0 Å². The highest BCUT2D eigenvalue weighted by Gasteiger charge is 2.23. The first-order chi connectivity index (χ1) is 9.75. The summed E-state index contributed by atoms with van der Waals surface area (Å²) in [5, 5.41) is 0. The fourth-order valence-corrected chi connectivity index (χ4v) is 2.55. The number of ether oxygens (including phenoxy) is 1. The van der Waals surface area contributed by atoms with E-state index in [1.165, 1.54) is 0 Å². The summed E-state index contributed by atoms with van der Waals surface area (Å²) in [5.41, 5.74) is 1.23. The van der Waals surface area contributed by atoms with Crippen molar-refractivity contribution < 1.29 is 9.53 Å². The Balaban J connectivity index is 1.99. The number of benzene rings is 1. The lowest BCUT2D eigenvalue weighted by atomic mass is 10.2. The fourth-order valence-electron chi connectivity index (χ4n) is 2.20. The van der Waals surface area contributed by atoms with E-state index in [1.54, 1.807) is 17.0 Å². The minimum absolute atomic E-state index is 0.107. The van der Waals surface area contributed by atoms with Crippen LogP contribution < -0.4 is 9.64 Å². The molecule has 1 aliphatic rings. The van der Waals surface area contributed by atoms with E-state index in [2.05, 4.69) is 20.9 Å². The lowest BCUT2D eigenvalue weighted by Gasteiger charge is -2.21. The SMILES string of the molecule is O=C(c1cccc(Br)n1)N1CCCOc2ccccc21. The topological polar surface area (TPSA) is 42.4 Å². The normalized spacial score (nSPS) is 14.2. The molecule has 0 saturated carbocycles. The first-order valence-electron chi connectivity index (χ1n) is 6.42. The van der Waals surface area contributed by atoms with Crippen molar-refractivity contribution in [3.8, 4) is 5.75 Å². The molecule has 0 radical (unpaired) electrons. The smallest absolute Gasteiger partial charge is 0.277 e. The van der Waals surface area contributed by atoms with Crippen LogP contribution in [0.1, 0.15) is 16.9 Å². The zero-order valence-electron chi connectivity index (χ0n) is 10.8. The molecule has 5 heteroatoms. The van der Waals surface area contributed by atoms with E-state index in [0.29, 0.717) is 23.4 Å². The number of carbonyl (C=O) groups excluding carboxylic acids is 1. The molecule has 1 aromatic carbocycles. The van der Waals surface area contributed by atoms with Crippen LogP contribution in [0.2, 0.25) is 0 Å². The van der Waals surface area contributed by atoms with Crippen molar-refractivity contribution in [2.45, 2.75) is 6.42 Å². The van der Waals surface area contributed by atoms with E-state index in [4.69, 9.17) is 4.74 Å². The number of carbonyl (C=O) groups is 1. The van der Waals surface area contributed by atoms with Gasteiger partial charge in [-0.25, -0.2) is 4.98 Å². The zero-order chi connectivity index (χ0) is 13.9. The lowest BCUT2D eigenvalue weighted by Crippen LogP contribution is -2.32. The Morgan fingerprint density at radius 2 is 2.05 bits per heavy atom. The van der Waals surface area contributed by atoms with Gasteiger partial charge in [0.05, 0.1) is 12.3 Å². The second-order valence-electron chi connectivity index (χ2n) is 4.47. The maximum absolute atomic E-state index is 12.7. The van der Waals surface area contributed by atoms with Gasteiger partial charge in [-0.05, 0) is 46.6 Å². The van der Waals surface area contributed by atoms with Gasteiger partial charge in [0.25, 0.3) is 5.91 Å². The van der Waals surface area contributed by atoms with Crippen LogP contribution in [-0.4, -0.2) is 24.0 Å². The van der Waals surface area contributed by atoms with Crippen molar-refractivity contribution in [1.29, 1.82) is 0 Å². The van der Waals surface area contributed by atoms with Gasteiger partial charge in [0.1, 0.15) is 16.0 Å². The largest absolute Gasteiger partial charge is 0.491 e. The molecule has 0 saturated heterocycles. The molecule has 4 nitrogen and oxygen atoms in total. The number of fused-ring (bicyclic) bond motifs is 1. The van der Waals surface area contributed by atoms with E-state index < -0.39 is 0 Å². The quantitative estimate of drug-likeness (QED) is 0.752. The number of halogens is 1. The summed E-state index contributed by atoms with van der Waals surface area (Å²) in [6.07, 6.45) is 0.800. The first-order valence-corrected chi connectivity index (χ1v) is 7.21. The highest BCUT2D eigenvalue weighted by molar-refractivity contribution is 9.10. The molecule has 0 atom stereocenters. The number of para-hydroxylation sites is 2. The van der Waals surface area contributed by atoms with Crippen LogP contribution in [0.3, 0.4) is 0 Å². The van der Waals surface area contributed by atoms with Crippen molar-refractivity contribution in [3.05, 3.63) is 52.8 Å². The van der Waals surface area contributed by atoms with Gasteiger partial charge in [0.2, 0.25) is 0 Å². The lowest BCUT2D eigenvalue weighted by molar-refractivity contribution is 0.0982. The number of amides is 1. The molecule has 1 aromatic heterocycles. The van der Waals surface area contributed by atoms with Gasteiger partial charge in [0.15, 0.2) is 0 Å². The van der Waals surface area contributed by atoms with E-state index in [0.717, 1.165) is 17.9 Å². The summed E-state index contributed by atoms with van der Waals surface area (Å²) in [7, 11) is 0. The molecule has 0 bridgehead atoms. The number of hydrogen-bond donors (Lipinski definition) is 0. The summed E-state index contributed by atoms with van der Waals surface area (Å²) in [5.74, 6) is 0.637. The zero-order valence-corrected chi connectivity index (χ0v) is 12.3.